The number of nitrogens with one attached hydrogen (secondary N) is 1. The smallest absolute Gasteiger partial charge is 0.297 e. The maximum atomic E-state index is 12.8. The molecule has 1 aliphatic carbocycles. The molecule has 0 unspecified atom stereocenters. The minimum Gasteiger partial charge on any atom is -0.497 e. The predicted octanol–water partition coefficient (Wildman–Crippen LogP) is 4.11. The molecule has 10 heteroatoms. The molecule has 2 aromatic heterocycles. The molecule has 1 saturated carbocycles. The average Bonchev–Trinajstić information content (AvgIpc) is 3.52. The summed E-state index contributed by atoms with van der Waals surface area (Å²) in [4.78, 5) is 18.8. The van der Waals surface area contributed by atoms with Crippen LogP contribution in [0.3, 0.4) is 0 Å². The van der Waals surface area contributed by atoms with E-state index in [1.807, 2.05) is 30.3 Å². The van der Waals surface area contributed by atoms with Gasteiger partial charge in [0.2, 0.25) is 0 Å². The third kappa shape index (κ3) is 5.21. The van der Waals surface area contributed by atoms with Gasteiger partial charge in [-0.2, -0.15) is 4.80 Å². The number of methoxy groups -OCH3 is 2. The Hall–Kier alpha value is -4.23. The molecule has 5 rings (SSSR count). The molecule has 2 heterocycles. The standard InChI is InChI=1S/C26H24N6O3S/c1-34-20-12-9-17(10-13-20)15-32-30-25(29-31-32)26(33)28-21-8-4-7-19(24(21)35-2)11-14-23-27-22(16-36-23)18-5-3-6-18/h4,7-10,12-13,16,18H,3,5-6,15H2,1-2H3,(H,28,33). The van der Waals surface area contributed by atoms with Crippen molar-refractivity contribution < 1.29 is 14.3 Å². The van der Waals surface area contributed by atoms with Gasteiger partial charge in [0.1, 0.15) is 5.75 Å². The molecule has 0 spiro atoms. The number of benzene rings is 2. The van der Waals surface area contributed by atoms with E-state index in [0.29, 0.717) is 29.5 Å². The Morgan fingerprint density at radius 3 is 2.69 bits per heavy atom. The molecule has 4 aromatic rings. The zero-order chi connectivity index (χ0) is 24.9. The topological polar surface area (TPSA) is 104 Å². The van der Waals surface area contributed by atoms with Crippen molar-refractivity contribution in [2.45, 2.75) is 31.7 Å². The second-order valence-electron chi connectivity index (χ2n) is 8.29. The van der Waals surface area contributed by atoms with Crippen LogP contribution in [-0.4, -0.2) is 45.3 Å². The Balaban J connectivity index is 1.28. The fourth-order valence-electron chi connectivity index (χ4n) is 3.78. The number of anilines is 1. The molecule has 0 atom stereocenters. The molecule has 0 aliphatic heterocycles. The van der Waals surface area contributed by atoms with Crippen molar-refractivity contribution in [3.05, 3.63) is 75.5 Å². The van der Waals surface area contributed by atoms with E-state index in [1.54, 1.807) is 30.6 Å². The highest BCUT2D eigenvalue weighted by Crippen LogP contribution is 2.36. The van der Waals surface area contributed by atoms with Gasteiger partial charge in [0.25, 0.3) is 11.7 Å². The summed E-state index contributed by atoms with van der Waals surface area (Å²) in [5, 5.41) is 17.8. The summed E-state index contributed by atoms with van der Waals surface area (Å²) < 4.78 is 10.7. The zero-order valence-corrected chi connectivity index (χ0v) is 20.7. The molecule has 1 amide bonds. The quantitative estimate of drug-likeness (QED) is 0.381. The van der Waals surface area contributed by atoms with Crippen LogP contribution in [0, 0.1) is 11.8 Å². The van der Waals surface area contributed by atoms with Gasteiger partial charge >= 0.3 is 0 Å². The number of amides is 1. The number of tetrazole rings is 1. The number of aromatic nitrogens is 5. The third-order valence-electron chi connectivity index (χ3n) is 5.96. The molecular formula is C26H24N6O3S. The molecule has 1 fully saturated rings. The van der Waals surface area contributed by atoms with Crippen LogP contribution in [-0.2, 0) is 6.54 Å². The van der Waals surface area contributed by atoms with Gasteiger partial charge in [0.05, 0.1) is 37.7 Å². The van der Waals surface area contributed by atoms with Gasteiger partial charge in [-0.25, -0.2) is 4.98 Å². The van der Waals surface area contributed by atoms with E-state index >= 15 is 0 Å². The third-order valence-corrected chi connectivity index (χ3v) is 6.73. The molecule has 0 saturated heterocycles. The van der Waals surface area contributed by atoms with E-state index in [1.165, 1.54) is 31.2 Å². The van der Waals surface area contributed by atoms with E-state index < -0.39 is 5.91 Å². The van der Waals surface area contributed by atoms with E-state index in [-0.39, 0.29) is 5.82 Å². The normalized spacial score (nSPS) is 12.8. The highest BCUT2D eigenvalue weighted by molar-refractivity contribution is 7.10. The molecule has 2 aromatic carbocycles. The summed E-state index contributed by atoms with van der Waals surface area (Å²) in [6.45, 7) is 0.373. The minimum absolute atomic E-state index is 0.0478. The van der Waals surface area contributed by atoms with Crippen LogP contribution in [0.5, 0.6) is 11.5 Å². The number of ether oxygens (including phenoxy) is 2. The first kappa shape index (κ1) is 23.5. The van der Waals surface area contributed by atoms with Crippen LogP contribution in [0.25, 0.3) is 0 Å². The fraction of sp³-hybridized carbons (Fsp3) is 0.269. The largest absolute Gasteiger partial charge is 0.497 e. The van der Waals surface area contributed by atoms with Gasteiger partial charge in [-0.15, -0.1) is 21.5 Å². The second-order valence-corrected chi connectivity index (χ2v) is 9.15. The monoisotopic (exact) mass is 500 g/mol. The fourth-order valence-corrected chi connectivity index (χ4v) is 4.53. The summed E-state index contributed by atoms with van der Waals surface area (Å²) in [5.74, 6) is 7.50. The molecule has 1 aliphatic rings. The molecule has 0 radical (unpaired) electrons. The van der Waals surface area contributed by atoms with Crippen molar-refractivity contribution >= 4 is 22.9 Å². The first-order valence-electron chi connectivity index (χ1n) is 11.5. The van der Waals surface area contributed by atoms with Crippen LogP contribution in [0.1, 0.15) is 57.6 Å². The van der Waals surface area contributed by atoms with Crippen LogP contribution in [0.2, 0.25) is 0 Å². The van der Waals surface area contributed by atoms with Crippen LogP contribution >= 0.6 is 11.3 Å². The second kappa shape index (κ2) is 10.6. The van der Waals surface area contributed by atoms with Crippen molar-refractivity contribution in [1.82, 2.24) is 25.2 Å². The Bertz CT molecular complexity index is 1430. The van der Waals surface area contributed by atoms with Crippen molar-refractivity contribution in [1.29, 1.82) is 0 Å². The number of carbonyl (C=O) groups is 1. The Labute approximate surface area is 212 Å². The Morgan fingerprint density at radius 2 is 1.97 bits per heavy atom. The van der Waals surface area contributed by atoms with Crippen molar-refractivity contribution in [2.24, 2.45) is 0 Å². The number of thiazole rings is 1. The van der Waals surface area contributed by atoms with Gasteiger partial charge in [-0.3, -0.25) is 4.79 Å². The van der Waals surface area contributed by atoms with Gasteiger partial charge in [-0.1, -0.05) is 30.5 Å². The maximum absolute atomic E-state index is 12.8. The molecule has 1 N–H and O–H groups in total. The van der Waals surface area contributed by atoms with E-state index in [9.17, 15) is 4.79 Å². The van der Waals surface area contributed by atoms with Crippen LogP contribution < -0.4 is 14.8 Å². The highest BCUT2D eigenvalue weighted by atomic mass is 32.1. The lowest BCUT2D eigenvalue weighted by Crippen LogP contribution is -2.15. The van der Waals surface area contributed by atoms with Gasteiger partial charge in [-0.05, 0) is 53.8 Å². The van der Waals surface area contributed by atoms with Crippen molar-refractivity contribution in [3.8, 4) is 23.3 Å². The molecule has 9 nitrogen and oxygen atoms in total. The van der Waals surface area contributed by atoms with Gasteiger partial charge in [0, 0.05) is 11.3 Å². The first-order chi connectivity index (χ1) is 17.6. The number of nitrogens with zero attached hydrogens (tertiary/aromatic N) is 5. The number of para-hydroxylation sites is 1. The van der Waals surface area contributed by atoms with Crippen molar-refractivity contribution in [3.63, 3.8) is 0 Å². The summed E-state index contributed by atoms with van der Waals surface area (Å²) in [7, 11) is 3.15. The number of hydrogen-bond donors (Lipinski definition) is 1. The van der Waals surface area contributed by atoms with E-state index in [2.05, 4.69) is 42.9 Å². The van der Waals surface area contributed by atoms with Crippen LogP contribution in [0.15, 0.2) is 47.8 Å². The number of rotatable bonds is 7. The van der Waals surface area contributed by atoms with Gasteiger partial charge < -0.3 is 14.8 Å². The minimum atomic E-state index is -0.496. The lowest BCUT2D eigenvalue weighted by molar-refractivity contribution is 0.101. The zero-order valence-electron chi connectivity index (χ0n) is 19.9. The average molecular weight is 501 g/mol. The lowest BCUT2D eigenvalue weighted by Gasteiger charge is -2.22. The van der Waals surface area contributed by atoms with Gasteiger partial charge in [0.15, 0.2) is 10.8 Å². The molecule has 182 valence electrons. The SMILES string of the molecule is COc1ccc(Cn2nnc(C(=O)Nc3cccc(C#Cc4nc(C5CCC5)cs4)c3OC)n2)cc1. The molecule has 0 bridgehead atoms. The predicted molar refractivity (Wildman–Crippen MR) is 136 cm³/mol. The Kier molecular flexibility index (Phi) is 6.91. The molecule has 36 heavy (non-hydrogen) atoms. The van der Waals surface area contributed by atoms with Crippen molar-refractivity contribution in [2.75, 3.05) is 19.5 Å². The lowest BCUT2D eigenvalue weighted by atomic mass is 9.83. The highest BCUT2D eigenvalue weighted by Gasteiger charge is 2.22. The Morgan fingerprint density at radius 1 is 1.14 bits per heavy atom. The summed E-state index contributed by atoms with van der Waals surface area (Å²) in [6.07, 6.45) is 3.68. The first-order valence-corrected chi connectivity index (χ1v) is 12.4. The summed E-state index contributed by atoms with van der Waals surface area (Å²) in [5.41, 5.74) is 3.20. The summed E-state index contributed by atoms with van der Waals surface area (Å²) in [6, 6.07) is 12.9. The maximum Gasteiger partial charge on any atom is 0.297 e. The van der Waals surface area contributed by atoms with E-state index in [0.717, 1.165) is 22.0 Å². The molecular weight excluding hydrogens is 476 g/mol. The number of hydrogen-bond acceptors (Lipinski definition) is 8. The van der Waals surface area contributed by atoms with E-state index in [4.69, 9.17) is 9.47 Å². The van der Waals surface area contributed by atoms with Crippen LogP contribution in [0.4, 0.5) is 5.69 Å². The number of carbonyl (C=O) groups excluding carboxylic acids is 1. The summed E-state index contributed by atoms with van der Waals surface area (Å²) >= 11 is 1.55.